The molecule has 2 bridgehead atoms. The number of carbonyl (C=O) groups is 1. The topological polar surface area (TPSA) is 80.7 Å². The highest BCUT2D eigenvalue weighted by molar-refractivity contribution is 7.86. The molecule has 8 heteroatoms. The molecule has 0 spiro atoms. The Hall–Kier alpha value is -0.760. The van der Waals surface area contributed by atoms with E-state index in [1.807, 2.05) is 0 Å². The normalized spacial score (nSPS) is 30.6. The lowest BCUT2D eigenvalue weighted by atomic mass is 9.86. The highest BCUT2D eigenvalue weighted by Gasteiger charge is 2.46. The smallest absolute Gasteiger partial charge is 0.402 e. The molecule has 0 aromatic carbocycles. The van der Waals surface area contributed by atoms with Crippen LogP contribution in [-0.4, -0.2) is 30.8 Å². The van der Waals surface area contributed by atoms with Gasteiger partial charge in [-0.05, 0) is 37.0 Å². The van der Waals surface area contributed by atoms with Crippen molar-refractivity contribution in [1.29, 1.82) is 0 Å². The molecule has 2 rings (SSSR count). The Morgan fingerprint density at radius 1 is 1.32 bits per heavy atom. The average molecular weight is 298 g/mol. The molecular weight excluding hydrogens is 282 g/mol. The number of rotatable bonds is 5. The summed E-state index contributed by atoms with van der Waals surface area (Å²) < 4.78 is 58.9. The van der Waals surface area contributed by atoms with E-state index in [2.05, 4.69) is 4.74 Å². The van der Waals surface area contributed by atoms with Gasteiger partial charge >= 0.3 is 21.3 Å². The van der Waals surface area contributed by atoms with Crippen molar-refractivity contribution in [1.82, 2.24) is 0 Å². The molecule has 0 heterocycles. The van der Waals surface area contributed by atoms with E-state index in [1.54, 1.807) is 0 Å². The molecule has 3 atom stereocenters. The zero-order valence-corrected chi connectivity index (χ0v) is 11.0. The number of ether oxygens (including phenoxy) is 1. The van der Waals surface area contributed by atoms with Crippen LogP contribution in [0.5, 0.6) is 0 Å². The van der Waals surface area contributed by atoms with Gasteiger partial charge in [0.15, 0.2) is 6.61 Å². The molecule has 2 aliphatic carbocycles. The Kier molecular flexibility index (Phi) is 3.83. The Morgan fingerprint density at radius 2 is 2.00 bits per heavy atom. The first kappa shape index (κ1) is 14.6. The minimum Gasteiger partial charge on any atom is -0.458 e. The van der Waals surface area contributed by atoms with Crippen LogP contribution in [0.4, 0.5) is 8.78 Å². The molecule has 2 saturated carbocycles. The van der Waals surface area contributed by atoms with Gasteiger partial charge in [-0.1, -0.05) is 6.42 Å². The Bertz CT molecular complexity index is 462. The first-order valence-electron chi connectivity index (χ1n) is 6.19. The van der Waals surface area contributed by atoms with E-state index in [0.717, 1.165) is 25.7 Å². The minimum atomic E-state index is -5.54. The van der Waals surface area contributed by atoms with Crippen molar-refractivity contribution in [3.05, 3.63) is 0 Å². The number of carbonyl (C=O) groups excluding carboxylic acids is 1. The van der Waals surface area contributed by atoms with Crippen LogP contribution in [0.1, 0.15) is 32.1 Å². The molecule has 1 N–H and O–H groups in total. The van der Waals surface area contributed by atoms with Crippen molar-refractivity contribution < 1.29 is 31.3 Å². The lowest BCUT2D eigenvalue weighted by molar-refractivity contribution is -0.151. The number of hydrogen-bond donors (Lipinski definition) is 1. The molecule has 0 aromatic heterocycles. The van der Waals surface area contributed by atoms with Crippen molar-refractivity contribution in [2.75, 3.05) is 6.61 Å². The second-order valence-corrected chi connectivity index (χ2v) is 6.96. The number of fused-ring (bicyclic) bond motifs is 2. The largest absolute Gasteiger partial charge is 0.458 e. The molecule has 5 nitrogen and oxygen atoms in total. The van der Waals surface area contributed by atoms with Gasteiger partial charge in [0.1, 0.15) is 0 Å². The van der Waals surface area contributed by atoms with E-state index in [0.29, 0.717) is 11.8 Å². The second kappa shape index (κ2) is 4.97. The van der Waals surface area contributed by atoms with Gasteiger partial charge in [-0.25, -0.2) is 0 Å². The summed E-state index contributed by atoms with van der Waals surface area (Å²) in [6.45, 7) is -1.63. The summed E-state index contributed by atoms with van der Waals surface area (Å²) in [5.74, 6) is 0.410. The fourth-order valence-electron chi connectivity index (χ4n) is 3.14. The quantitative estimate of drug-likeness (QED) is 0.618. The van der Waals surface area contributed by atoms with Crippen LogP contribution in [-0.2, 0) is 19.6 Å². The summed E-state index contributed by atoms with van der Waals surface area (Å²) in [6.07, 6.45) is 4.26. The Morgan fingerprint density at radius 3 is 2.47 bits per heavy atom. The van der Waals surface area contributed by atoms with Crippen molar-refractivity contribution in [2.24, 2.45) is 17.8 Å². The van der Waals surface area contributed by atoms with Gasteiger partial charge in [0.05, 0.1) is 0 Å². The Labute approximate surface area is 110 Å². The van der Waals surface area contributed by atoms with Gasteiger partial charge in [0.25, 0.3) is 0 Å². The lowest BCUT2D eigenvalue weighted by Crippen LogP contribution is -2.35. The minimum absolute atomic E-state index is 0.0444. The first-order chi connectivity index (χ1) is 8.69. The maximum atomic E-state index is 12.8. The van der Waals surface area contributed by atoms with Gasteiger partial charge in [-0.15, -0.1) is 0 Å². The summed E-state index contributed by atoms with van der Waals surface area (Å²) in [4.78, 5) is 11.4. The van der Waals surface area contributed by atoms with E-state index in [9.17, 15) is 22.0 Å². The predicted octanol–water partition coefficient (Wildman–Crippen LogP) is 1.84. The average Bonchev–Trinajstić information content (AvgIpc) is 2.86. The van der Waals surface area contributed by atoms with E-state index in [4.69, 9.17) is 4.55 Å². The lowest BCUT2D eigenvalue weighted by Gasteiger charge is -2.21. The van der Waals surface area contributed by atoms with E-state index >= 15 is 0 Å². The highest BCUT2D eigenvalue weighted by atomic mass is 32.2. The fourth-order valence-corrected chi connectivity index (χ4v) is 3.35. The van der Waals surface area contributed by atoms with Crippen LogP contribution in [0, 0.1) is 17.8 Å². The molecule has 0 radical (unpaired) electrons. The molecule has 3 unspecified atom stereocenters. The molecule has 2 aliphatic rings. The second-order valence-electron chi connectivity index (χ2n) is 5.41. The third-order valence-corrected chi connectivity index (χ3v) is 4.96. The summed E-state index contributed by atoms with van der Waals surface area (Å²) >= 11 is 0. The third-order valence-electron chi connectivity index (χ3n) is 4.09. The van der Waals surface area contributed by atoms with Gasteiger partial charge < -0.3 is 4.74 Å². The first-order valence-corrected chi connectivity index (χ1v) is 7.63. The summed E-state index contributed by atoms with van der Waals surface area (Å²) in [7, 11) is -5.54. The highest BCUT2D eigenvalue weighted by Crippen LogP contribution is 2.49. The number of alkyl halides is 2. The van der Waals surface area contributed by atoms with Crippen LogP contribution in [0.25, 0.3) is 0 Å². The van der Waals surface area contributed by atoms with Gasteiger partial charge in [-0.2, -0.15) is 17.2 Å². The van der Waals surface area contributed by atoms with E-state index in [1.165, 1.54) is 0 Å². The Balaban J connectivity index is 1.79. The van der Waals surface area contributed by atoms with E-state index < -0.39 is 27.9 Å². The monoisotopic (exact) mass is 298 g/mol. The van der Waals surface area contributed by atoms with Crippen molar-refractivity contribution >= 4 is 16.1 Å². The molecule has 0 aromatic rings. The molecular formula is C11H16F2O5S. The van der Waals surface area contributed by atoms with Gasteiger partial charge in [-0.3, -0.25) is 9.35 Å². The van der Waals surface area contributed by atoms with Crippen LogP contribution in [0.15, 0.2) is 0 Å². The zero-order valence-electron chi connectivity index (χ0n) is 10.2. The number of hydrogen-bond acceptors (Lipinski definition) is 4. The zero-order chi connectivity index (χ0) is 14.3. The van der Waals surface area contributed by atoms with Crippen LogP contribution in [0.3, 0.4) is 0 Å². The van der Waals surface area contributed by atoms with Gasteiger partial charge in [0.2, 0.25) is 0 Å². The standard InChI is InChI=1S/C11H16F2O5S/c12-11(13,19(15,16)17)6-18-10(14)5-9-4-7-1-2-8(9)3-7/h7-9H,1-6H2,(H,15,16,17). The maximum absolute atomic E-state index is 12.8. The van der Waals surface area contributed by atoms with Crippen LogP contribution >= 0.6 is 0 Å². The SMILES string of the molecule is O=C(CC1CC2CCC1C2)OCC(F)(F)S(=O)(=O)O. The van der Waals surface area contributed by atoms with Gasteiger partial charge in [0, 0.05) is 6.42 Å². The van der Waals surface area contributed by atoms with Crippen molar-refractivity contribution in [3.8, 4) is 0 Å². The van der Waals surface area contributed by atoms with Crippen molar-refractivity contribution in [3.63, 3.8) is 0 Å². The summed E-state index contributed by atoms with van der Waals surface area (Å²) in [5.41, 5.74) is 0. The number of esters is 1. The molecule has 110 valence electrons. The van der Waals surface area contributed by atoms with E-state index in [-0.39, 0.29) is 12.3 Å². The summed E-state index contributed by atoms with van der Waals surface area (Å²) in [6, 6.07) is 0. The molecule has 0 aliphatic heterocycles. The molecule has 0 saturated heterocycles. The van der Waals surface area contributed by atoms with Crippen LogP contribution in [0.2, 0.25) is 0 Å². The molecule has 2 fully saturated rings. The van der Waals surface area contributed by atoms with Crippen LogP contribution < -0.4 is 0 Å². The van der Waals surface area contributed by atoms with Crippen molar-refractivity contribution in [2.45, 2.75) is 37.4 Å². The molecule has 19 heavy (non-hydrogen) atoms. The number of halogens is 2. The molecule has 0 amide bonds. The summed E-state index contributed by atoms with van der Waals surface area (Å²) in [5, 5.41) is -4.45. The fraction of sp³-hybridized carbons (Fsp3) is 0.909. The third kappa shape index (κ3) is 3.22. The maximum Gasteiger partial charge on any atom is 0.402 e. The predicted molar refractivity (Wildman–Crippen MR) is 61.0 cm³/mol.